The van der Waals surface area contributed by atoms with Crippen molar-refractivity contribution in [3.05, 3.63) is 41.4 Å². The van der Waals surface area contributed by atoms with Crippen LogP contribution < -0.4 is 14.8 Å². The molecule has 7 heteroatoms. The minimum absolute atomic E-state index is 0.0790. The number of hydrogen-bond acceptors (Lipinski definition) is 6. The standard InChI is InChI=1S/C22H28N4O3/c1-5-6-9-29-17-8-7-14(10-18(17)28-4)20-19-15(11-22(2,3)12-16(19)27)25-21-23-13-24-26(20)21/h7-8,10,13,20H,5-6,9,11-12H2,1-4H3,(H,23,24,25)/t20-/m0/s1. The Morgan fingerprint density at radius 2 is 2.10 bits per heavy atom. The summed E-state index contributed by atoms with van der Waals surface area (Å²) < 4.78 is 13.2. The van der Waals surface area contributed by atoms with Crippen LogP contribution in [0.3, 0.4) is 0 Å². The van der Waals surface area contributed by atoms with Crippen LogP contribution in [0.4, 0.5) is 5.95 Å². The first-order chi connectivity index (χ1) is 13.9. The molecule has 2 heterocycles. The molecule has 1 N–H and O–H groups in total. The number of nitrogens with zero attached hydrogens (tertiary/aromatic N) is 3. The molecule has 0 unspecified atom stereocenters. The molecule has 154 valence electrons. The Kier molecular flexibility index (Phi) is 5.06. The Morgan fingerprint density at radius 1 is 1.28 bits per heavy atom. The molecule has 4 rings (SSSR count). The van der Waals surface area contributed by atoms with Crippen molar-refractivity contribution in [2.75, 3.05) is 19.0 Å². The number of anilines is 1. The number of rotatable bonds is 6. The zero-order valence-corrected chi connectivity index (χ0v) is 17.5. The topological polar surface area (TPSA) is 78.3 Å². The maximum Gasteiger partial charge on any atom is 0.226 e. The van der Waals surface area contributed by atoms with Gasteiger partial charge in [-0.15, -0.1) is 0 Å². The van der Waals surface area contributed by atoms with Crippen molar-refractivity contribution >= 4 is 11.7 Å². The molecular weight excluding hydrogens is 368 g/mol. The summed E-state index contributed by atoms with van der Waals surface area (Å²) in [4.78, 5) is 17.5. The van der Waals surface area contributed by atoms with Crippen molar-refractivity contribution in [3.8, 4) is 11.5 Å². The van der Waals surface area contributed by atoms with Gasteiger partial charge in [0.25, 0.3) is 0 Å². The van der Waals surface area contributed by atoms with Crippen molar-refractivity contribution in [3.63, 3.8) is 0 Å². The maximum atomic E-state index is 13.1. The molecule has 1 aliphatic heterocycles. The molecule has 0 radical (unpaired) electrons. The molecule has 1 aromatic carbocycles. The third kappa shape index (κ3) is 3.61. The van der Waals surface area contributed by atoms with Gasteiger partial charge in [-0.3, -0.25) is 4.79 Å². The van der Waals surface area contributed by atoms with E-state index in [0.29, 0.717) is 30.5 Å². The van der Waals surface area contributed by atoms with E-state index in [4.69, 9.17) is 9.47 Å². The lowest BCUT2D eigenvalue weighted by Gasteiger charge is -2.38. The lowest BCUT2D eigenvalue weighted by Crippen LogP contribution is -2.36. The summed E-state index contributed by atoms with van der Waals surface area (Å²) in [6.07, 6.45) is 4.89. The second-order valence-corrected chi connectivity index (χ2v) is 8.50. The largest absolute Gasteiger partial charge is 0.493 e. The average molecular weight is 396 g/mol. The normalized spacial score (nSPS) is 20.0. The molecule has 1 aromatic heterocycles. The fourth-order valence-electron chi connectivity index (χ4n) is 4.16. The Morgan fingerprint density at radius 3 is 2.86 bits per heavy atom. The van der Waals surface area contributed by atoms with E-state index in [9.17, 15) is 4.79 Å². The van der Waals surface area contributed by atoms with Crippen LogP contribution in [0.15, 0.2) is 35.8 Å². The number of benzene rings is 1. The van der Waals surface area contributed by atoms with E-state index in [1.165, 1.54) is 6.33 Å². The molecule has 0 amide bonds. The minimum Gasteiger partial charge on any atom is -0.493 e. The first-order valence-corrected chi connectivity index (χ1v) is 10.2. The van der Waals surface area contributed by atoms with E-state index < -0.39 is 0 Å². The molecule has 0 fully saturated rings. The number of methoxy groups -OCH3 is 1. The van der Waals surface area contributed by atoms with Crippen LogP contribution in [-0.4, -0.2) is 34.3 Å². The fraction of sp³-hybridized carbons (Fsp3) is 0.500. The number of carbonyl (C=O) groups is 1. The zero-order valence-electron chi connectivity index (χ0n) is 17.5. The van der Waals surface area contributed by atoms with Crippen molar-refractivity contribution in [2.45, 2.75) is 52.5 Å². The van der Waals surface area contributed by atoms with Crippen molar-refractivity contribution < 1.29 is 14.3 Å². The van der Waals surface area contributed by atoms with Gasteiger partial charge in [0.2, 0.25) is 5.95 Å². The molecule has 1 atom stereocenters. The molecule has 29 heavy (non-hydrogen) atoms. The third-order valence-electron chi connectivity index (χ3n) is 5.53. The van der Waals surface area contributed by atoms with Crippen LogP contribution >= 0.6 is 0 Å². The maximum absolute atomic E-state index is 13.1. The summed E-state index contributed by atoms with van der Waals surface area (Å²) in [7, 11) is 1.63. The number of unbranched alkanes of at least 4 members (excludes halogenated alkanes) is 1. The lowest BCUT2D eigenvalue weighted by molar-refractivity contribution is -0.118. The summed E-state index contributed by atoms with van der Waals surface area (Å²) in [5.41, 5.74) is 2.56. The van der Waals surface area contributed by atoms with E-state index in [2.05, 4.69) is 36.2 Å². The fourth-order valence-corrected chi connectivity index (χ4v) is 4.16. The van der Waals surface area contributed by atoms with E-state index in [0.717, 1.165) is 36.1 Å². The van der Waals surface area contributed by atoms with Gasteiger partial charge >= 0.3 is 0 Å². The van der Waals surface area contributed by atoms with E-state index in [1.54, 1.807) is 11.8 Å². The highest BCUT2D eigenvalue weighted by molar-refractivity contribution is 6.00. The first kappa shape index (κ1) is 19.5. The summed E-state index contributed by atoms with van der Waals surface area (Å²) in [5, 5.41) is 7.73. The lowest BCUT2D eigenvalue weighted by atomic mass is 9.73. The summed E-state index contributed by atoms with van der Waals surface area (Å²) >= 11 is 0. The van der Waals surface area contributed by atoms with Gasteiger partial charge in [0.15, 0.2) is 17.3 Å². The number of allylic oxidation sites excluding steroid dienone is 2. The SMILES string of the molecule is CCCCOc1ccc([C@H]2C3=C(CC(C)(C)CC3=O)Nc3ncnn32)cc1OC. The predicted molar refractivity (Wildman–Crippen MR) is 110 cm³/mol. The van der Waals surface area contributed by atoms with Crippen LogP contribution in [-0.2, 0) is 4.79 Å². The van der Waals surface area contributed by atoms with E-state index in [1.807, 2.05) is 18.2 Å². The quantitative estimate of drug-likeness (QED) is 0.740. The highest BCUT2D eigenvalue weighted by Gasteiger charge is 2.41. The summed E-state index contributed by atoms with van der Waals surface area (Å²) in [6.45, 7) is 7.02. The molecule has 0 spiro atoms. The Bertz CT molecular complexity index is 961. The molecule has 7 nitrogen and oxygen atoms in total. The van der Waals surface area contributed by atoms with Gasteiger partial charge in [-0.25, -0.2) is 4.68 Å². The van der Waals surface area contributed by atoms with Gasteiger partial charge in [0, 0.05) is 17.7 Å². The highest BCUT2D eigenvalue weighted by atomic mass is 16.5. The highest BCUT2D eigenvalue weighted by Crippen LogP contribution is 2.46. The summed E-state index contributed by atoms with van der Waals surface area (Å²) in [5.74, 6) is 2.17. The number of ketones is 1. The van der Waals surface area contributed by atoms with Crippen LogP contribution in [0.1, 0.15) is 58.1 Å². The average Bonchev–Trinajstić information content (AvgIpc) is 3.14. The van der Waals surface area contributed by atoms with E-state index >= 15 is 0 Å². The molecule has 0 saturated heterocycles. The Labute approximate surface area is 171 Å². The van der Waals surface area contributed by atoms with Gasteiger partial charge in [0.05, 0.1) is 13.7 Å². The predicted octanol–water partition coefficient (Wildman–Crippen LogP) is 4.12. The van der Waals surface area contributed by atoms with Crippen LogP contribution in [0.2, 0.25) is 0 Å². The number of Topliss-reactive ketones (excluding diaryl/α,β-unsaturated/α-hetero) is 1. The Hall–Kier alpha value is -2.83. The van der Waals surface area contributed by atoms with Gasteiger partial charge in [-0.2, -0.15) is 10.1 Å². The van der Waals surface area contributed by atoms with Crippen molar-refractivity contribution in [1.82, 2.24) is 14.8 Å². The molecule has 2 aromatic rings. The molecule has 1 aliphatic carbocycles. The number of nitrogens with one attached hydrogen (secondary N) is 1. The van der Waals surface area contributed by atoms with Gasteiger partial charge in [-0.1, -0.05) is 33.3 Å². The van der Waals surface area contributed by atoms with Crippen molar-refractivity contribution in [2.24, 2.45) is 5.41 Å². The molecule has 0 bridgehead atoms. The summed E-state index contributed by atoms with van der Waals surface area (Å²) in [6, 6.07) is 5.52. The van der Waals surface area contributed by atoms with Crippen molar-refractivity contribution in [1.29, 1.82) is 0 Å². The Balaban J connectivity index is 1.76. The monoisotopic (exact) mass is 396 g/mol. The van der Waals surface area contributed by atoms with Gasteiger partial charge in [-0.05, 0) is 36.0 Å². The number of carbonyl (C=O) groups excluding carboxylic acids is 1. The smallest absolute Gasteiger partial charge is 0.226 e. The number of ether oxygens (including phenoxy) is 2. The van der Waals surface area contributed by atoms with Gasteiger partial charge < -0.3 is 14.8 Å². The molecule has 2 aliphatic rings. The van der Waals surface area contributed by atoms with Crippen LogP contribution in [0, 0.1) is 5.41 Å². The zero-order chi connectivity index (χ0) is 20.6. The van der Waals surface area contributed by atoms with Gasteiger partial charge in [0.1, 0.15) is 12.4 Å². The molecule has 0 saturated carbocycles. The minimum atomic E-state index is -0.328. The third-order valence-corrected chi connectivity index (χ3v) is 5.53. The number of aromatic nitrogens is 3. The molecular formula is C22H28N4O3. The second kappa shape index (κ2) is 7.54. The number of fused-ring (bicyclic) bond motifs is 1. The first-order valence-electron chi connectivity index (χ1n) is 10.2. The van der Waals surface area contributed by atoms with E-state index in [-0.39, 0.29) is 17.2 Å². The van der Waals surface area contributed by atoms with Crippen LogP contribution in [0.5, 0.6) is 11.5 Å². The second-order valence-electron chi connectivity index (χ2n) is 8.50. The van der Waals surface area contributed by atoms with Crippen LogP contribution in [0.25, 0.3) is 0 Å². The number of hydrogen-bond donors (Lipinski definition) is 1.